The first-order valence-electron chi connectivity index (χ1n) is 3.05. The maximum absolute atomic E-state index is 3.93. The summed E-state index contributed by atoms with van der Waals surface area (Å²) in [4.78, 5) is 0. The number of hydrogen-bond donors (Lipinski definition) is 0. The predicted molar refractivity (Wildman–Crippen MR) is 39.9 cm³/mol. The Labute approximate surface area is 55.0 Å². The van der Waals surface area contributed by atoms with Crippen LogP contribution in [0.25, 0.3) is 0 Å². The van der Waals surface area contributed by atoms with Crippen molar-refractivity contribution in [2.75, 3.05) is 0 Å². The van der Waals surface area contributed by atoms with Crippen molar-refractivity contribution in [3.05, 3.63) is 12.2 Å². The van der Waals surface area contributed by atoms with E-state index < -0.39 is 0 Å². The third-order valence-corrected chi connectivity index (χ3v) is 1.43. The lowest BCUT2D eigenvalue weighted by Gasteiger charge is -1.99. The van der Waals surface area contributed by atoms with Gasteiger partial charge in [-0.3, -0.25) is 0 Å². The minimum absolute atomic E-state index is 0.437. The van der Waals surface area contributed by atoms with Gasteiger partial charge in [-0.25, -0.2) is 0 Å². The van der Waals surface area contributed by atoms with E-state index in [1.807, 2.05) is 13.0 Å². The van der Waals surface area contributed by atoms with Crippen LogP contribution >= 0.6 is 0 Å². The second-order valence-corrected chi connectivity index (χ2v) is 2.18. The van der Waals surface area contributed by atoms with E-state index in [2.05, 4.69) is 23.2 Å². The van der Waals surface area contributed by atoms with Crippen molar-refractivity contribution < 1.29 is 0 Å². The van der Waals surface area contributed by atoms with E-state index >= 15 is 0 Å². The Morgan fingerprint density at radius 2 is 2.33 bits per heavy atom. The van der Waals surface area contributed by atoms with E-state index in [1.165, 1.54) is 0 Å². The minimum Gasteiger partial charge on any atom is -0.160 e. The monoisotopic (exact) mass is 122 g/mol. The molecule has 0 unspecified atom stereocenters. The van der Waals surface area contributed by atoms with Crippen LogP contribution < -0.4 is 0 Å². The summed E-state index contributed by atoms with van der Waals surface area (Å²) < 4.78 is 0. The molecule has 0 aromatic rings. The molecule has 0 amide bonds. The summed E-state index contributed by atoms with van der Waals surface area (Å²) in [6, 6.07) is 0. The molecule has 0 aromatic carbocycles. The fourth-order valence-electron chi connectivity index (χ4n) is 0.610. The first-order valence-corrected chi connectivity index (χ1v) is 3.05. The first-order chi connectivity index (χ1) is 4.30. The van der Waals surface area contributed by atoms with Crippen LogP contribution in [0.15, 0.2) is 22.4 Å². The Kier molecular flexibility index (Phi) is 1.78. The molecule has 0 radical (unpaired) electrons. The zero-order chi connectivity index (χ0) is 6.69. The number of nitrogens with zero attached hydrogens (tertiary/aromatic N) is 2. The van der Waals surface area contributed by atoms with Crippen molar-refractivity contribution in [2.24, 2.45) is 16.1 Å². The Hall–Kier alpha value is -0.920. The second-order valence-electron chi connectivity index (χ2n) is 2.18. The lowest BCUT2D eigenvalue weighted by atomic mass is 10.1. The van der Waals surface area contributed by atoms with Crippen molar-refractivity contribution in [2.45, 2.75) is 13.8 Å². The molecule has 1 atom stereocenters. The molecule has 1 rings (SSSR count). The molecule has 2 heteroatoms. The highest BCUT2D eigenvalue weighted by Crippen LogP contribution is 2.02. The van der Waals surface area contributed by atoms with Crippen molar-refractivity contribution in [3.63, 3.8) is 0 Å². The van der Waals surface area contributed by atoms with E-state index in [9.17, 15) is 0 Å². The van der Waals surface area contributed by atoms with Crippen LogP contribution in [0.3, 0.4) is 0 Å². The summed E-state index contributed by atoms with van der Waals surface area (Å²) >= 11 is 0. The van der Waals surface area contributed by atoms with Gasteiger partial charge in [0.15, 0.2) is 0 Å². The van der Waals surface area contributed by atoms with Gasteiger partial charge >= 0.3 is 0 Å². The minimum atomic E-state index is 0.437. The largest absolute Gasteiger partial charge is 0.160 e. The normalized spacial score (nSPS) is 25.6. The van der Waals surface area contributed by atoms with Crippen LogP contribution in [0.1, 0.15) is 13.8 Å². The molecular formula is C7H10N2. The first kappa shape index (κ1) is 6.20. The molecule has 0 saturated heterocycles. The topological polar surface area (TPSA) is 24.7 Å². The van der Waals surface area contributed by atoms with Crippen molar-refractivity contribution in [1.29, 1.82) is 0 Å². The average Bonchev–Trinajstić information content (AvgIpc) is 1.99. The van der Waals surface area contributed by atoms with Gasteiger partial charge in [0.25, 0.3) is 0 Å². The van der Waals surface area contributed by atoms with Gasteiger partial charge in [0, 0.05) is 17.8 Å². The van der Waals surface area contributed by atoms with Gasteiger partial charge in [0.1, 0.15) is 0 Å². The maximum atomic E-state index is 3.93. The lowest BCUT2D eigenvalue weighted by molar-refractivity contribution is 0.980. The lowest BCUT2D eigenvalue weighted by Crippen LogP contribution is -2.01. The van der Waals surface area contributed by atoms with Gasteiger partial charge in [0.2, 0.25) is 0 Å². The Bertz CT molecular complexity index is 177. The van der Waals surface area contributed by atoms with Gasteiger partial charge in [0.05, 0.1) is 0 Å². The highest BCUT2D eigenvalue weighted by Gasteiger charge is 2.00. The van der Waals surface area contributed by atoms with Crippen LogP contribution in [-0.4, -0.2) is 11.9 Å². The third-order valence-electron chi connectivity index (χ3n) is 1.43. The van der Waals surface area contributed by atoms with Crippen molar-refractivity contribution in [1.82, 2.24) is 0 Å². The fraction of sp³-hybridized carbons (Fsp3) is 0.429. The molecule has 1 heterocycles. The molecule has 2 nitrogen and oxygen atoms in total. The van der Waals surface area contributed by atoms with Crippen LogP contribution in [0.5, 0.6) is 0 Å². The smallest absolute Gasteiger partial charge is 0.0492 e. The molecule has 0 aliphatic carbocycles. The van der Waals surface area contributed by atoms with E-state index in [-0.39, 0.29) is 0 Å². The van der Waals surface area contributed by atoms with E-state index in [1.54, 1.807) is 6.21 Å². The molecule has 0 saturated carbocycles. The Morgan fingerprint density at radius 3 is 3.11 bits per heavy atom. The van der Waals surface area contributed by atoms with Gasteiger partial charge < -0.3 is 0 Å². The molecule has 0 bridgehead atoms. The molecular weight excluding hydrogens is 112 g/mol. The molecule has 0 fully saturated rings. The highest BCUT2D eigenvalue weighted by atomic mass is 15.2. The molecule has 0 aromatic heterocycles. The second kappa shape index (κ2) is 2.58. The van der Waals surface area contributed by atoms with Gasteiger partial charge in [-0.1, -0.05) is 13.0 Å². The average molecular weight is 122 g/mol. The van der Waals surface area contributed by atoms with Crippen LogP contribution in [0, 0.1) is 5.92 Å². The number of hydrogen-bond acceptors (Lipinski definition) is 2. The highest BCUT2D eigenvalue weighted by molar-refractivity contribution is 5.88. The van der Waals surface area contributed by atoms with Gasteiger partial charge in [-0.05, 0) is 13.0 Å². The van der Waals surface area contributed by atoms with Crippen LogP contribution in [-0.2, 0) is 0 Å². The zero-order valence-corrected chi connectivity index (χ0v) is 5.70. The zero-order valence-electron chi connectivity index (χ0n) is 5.70. The Balaban J connectivity index is 2.80. The van der Waals surface area contributed by atoms with Crippen molar-refractivity contribution >= 4 is 11.9 Å². The standard InChI is InChI=1S/C7H10N2/c1-6-4-3-5-8-9-7(6)2/h3-6H,1-2H3/t6-/m1/s1. The molecule has 0 spiro atoms. The molecule has 1 aliphatic rings. The van der Waals surface area contributed by atoms with Gasteiger partial charge in [-0.2, -0.15) is 10.2 Å². The third kappa shape index (κ3) is 1.49. The van der Waals surface area contributed by atoms with E-state index in [0.29, 0.717) is 5.92 Å². The summed E-state index contributed by atoms with van der Waals surface area (Å²) in [5.74, 6) is 0.437. The number of allylic oxidation sites excluding steroid dienone is 2. The summed E-state index contributed by atoms with van der Waals surface area (Å²) in [5.41, 5.74) is 1.07. The molecule has 0 N–H and O–H groups in total. The molecule has 9 heavy (non-hydrogen) atoms. The summed E-state index contributed by atoms with van der Waals surface area (Å²) in [7, 11) is 0. The van der Waals surface area contributed by atoms with Crippen molar-refractivity contribution in [3.8, 4) is 0 Å². The predicted octanol–water partition coefficient (Wildman–Crippen LogP) is 1.64. The van der Waals surface area contributed by atoms with Crippen LogP contribution in [0.2, 0.25) is 0 Å². The SMILES string of the molecule is CC1=NN=CC=C[C@H]1C. The molecule has 48 valence electrons. The quantitative estimate of drug-likeness (QED) is 0.466. The van der Waals surface area contributed by atoms with Crippen LogP contribution in [0.4, 0.5) is 0 Å². The fourth-order valence-corrected chi connectivity index (χ4v) is 0.610. The van der Waals surface area contributed by atoms with E-state index in [0.717, 1.165) is 5.71 Å². The summed E-state index contributed by atoms with van der Waals surface area (Å²) in [6.07, 6.45) is 5.70. The van der Waals surface area contributed by atoms with Gasteiger partial charge in [-0.15, -0.1) is 0 Å². The van der Waals surface area contributed by atoms with E-state index in [4.69, 9.17) is 0 Å². The maximum Gasteiger partial charge on any atom is 0.0492 e. The molecule has 1 aliphatic heterocycles. The Morgan fingerprint density at radius 1 is 1.56 bits per heavy atom. The number of rotatable bonds is 0. The summed E-state index contributed by atoms with van der Waals surface area (Å²) in [6.45, 7) is 4.08. The summed E-state index contributed by atoms with van der Waals surface area (Å²) in [5, 5.41) is 7.71.